The number of imidazole rings is 1. The highest BCUT2D eigenvalue weighted by Gasteiger charge is 1.98. The third-order valence-electron chi connectivity index (χ3n) is 1.54. The van der Waals surface area contributed by atoms with E-state index in [1.54, 1.807) is 6.20 Å². The highest BCUT2D eigenvalue weighted by atomic mass is 15.1. The van der Waals surface area contributed by atoms with Gasteiger partial charge in [-0.15, -0.1) is 0 Å². The van der Waals surface area contributed by atoms with Gasteiger partial charge in [0.1, 0.15) is 12.4 Å². The lowest BCUT2D eigenvalue weighted by molar-refractivity contribution is -0.696. The minimum absolute atomic E-state index is 0.742. The number of nitrogens with two attached hydrogens (primary N) is 1. The van der Waals surface area contributed by atoms with Gasteiger partial charge >= 0.3 is 0 Å². The summed E-state index contributed by atoms with van der Waals surface area (Å²) < 4.78 is 4.01. The number of hydrogen-bond donors (Lipinski definition) is 1. The van der Waals surface area contributed by atoms with Crippen LogP contribution in [0.2, 0.25) is 0 Å². The zero-order chi connectivity index (χ0) is 8.10. The van der Waals surface area contributed by atoms with E-state index in [-0.39, 0.29) is 0 Å². The molecule has 1 heterocycles. The Morgan fingerprint density at radius 3 is 3.00 bits per heavy atom. The second-order valence-electron chi connectivity index (χ2n) is 2.42. The van der Waals surface area contributed by atoms with Gasteiger partial charge in [-0.05, 0) is 13.0 Å². The van der Waals surface area contributed by atoms with Crippen LogP contribution in [0.15, 0.2) is 25.3 Å². The first kappa shape index (κ1) is 8.01. The van der Waals surface area contributed by atoms with Crippen LogP contribution in [-0.4, -0.2) is 11.1 Å². The second-order valence-corrected chi connectivity index (χ2v) is 2.42. The molecule has 0 aliphatic heterocycles. The molecule has 0 amide bonds. The van der Waals surface area contributed by atoms with Crippen molar-refractivity contribution < 1.29 is 4.57 Å². The van der Waals surface area contributed by atoms with Crippen LogP contribution >= 0.6 is 0 Å². The Labute approximate surface area is 66.8 Å². The van der Waals surface area contributed by atoms with Crippen LogP contribution in [0.1, 0.15) is 6.42 Å². The van der Waals surface area contributed by atoms with Crippen molar-refractivity contribution in [2.24, 2.45) is 5.73 Å². The van der Waals surface area contributed by atoms with Crippen molar-refractivity contribution in [2.45, 2.75) is 13.0 Å². The Hall–Kier alpha value is -1.09. The molecule has 0 aliphatic carbocycles. The summed E-state index contributed by atoms with van der Waals surface area (Å²) in [5.74, 6) is 0. The predicted octanol–water partition coefficient (Wildman–Crippen LogP) is 0.225. The number of aryl methyl sites for hydroxylation is 1. The molecule has 0 saturated carbocycles. The predicted molar refractivity (Wildman–Crippen MR) is 44.7 cm³/mol. The van der Waals surface area contributed by atoms with E-state index in [0.717, 1.165) is 19.5 Å². The number of nitrogens with zero attached hydrogens (tertiary/aromatic N) is 2. The first-order valence-electron chi connectivity index (χ1n) is 3.76. The van der Waals surface area contributed by atoms with E-state index in [1.807, 2.05) is 23.3 Å². The maximum Gasteiger partial charge on any atom is 0.248 e. The van der Waals surface area contributed by atoms with Gasteiger partial charge < -0.3 is 5.73 Å². The molecule has 0 fully saturated rings. The lowest BCUT2D eigenvalue weighted by Crippen LogP contribution is -2.31. The molecule has 0 saturated heterocycles. The summed E-state index contributed by atoms with van der Waals surface area (Å²) in [6.07, 6.45) is 8.74. The molecule has 0 bridgehead atoms. The average molecular weight is 152 g/mol. The maximum absolute atomic E-state index is 5.38. The molecule has 1 aromatic heterocycles. The van der Waals surface area contributed by atoms with Crippen molar-refractivity contribution in [1.29, 1.82) is 0 Å². The lowest BCUT2D eigenvalue weighted by atomic mass is 10.4. The summed E-state index contributed by atoms with van der Waals surface area (Å²) in [5, 5.41) is 0. The molecule has 0 atom stereocenters. The zero-order valence-corrected chi connectivity index (χ0v) is 6.61. The molecule has 11 heavy (non-hydrogen) atoms. The first-order valence-corrected chi connectivity index (χ1v) is 3.76. The van der Waals surface area contributed by atoms with E-state index >= 15 is 0 Å². The van der Waals surface area contributed by atoms with Crippen molar-refractivity contribution >= 4 is 6.20 Å². The molecule has 0 radical (unpaired) electrons. The SMILES string of the molecule is C=Cn1cc[n+](CCCN)c1. The minimum atomic E-state index is 0.742. The van der Waals surface area contributed by atoms with Gasteiger partial charge in [-0.2, -0.15) is 0 Å². The summed E-state index contributed by atoms with van der Waals surface area (Å²) in [6, 6.07) is 0. The molecule has 3 heteroatoms. The fourth-order valence-electron chi connectivity index (χ4n) is 0.925. The molecule has 0 aromatic carbocycles. The summed E-state index contributed by atoms with van der Waals surface area (Å²) >= 11 is 0. The van der Waals surface area contributed by atoms with Crippen LogP contribution in [0, 0.1) is 0 Å². The summed E-state index contributed by atoms with van der Waals surface area (Å²) in [5.41, 5.74) is 5.38. The minimum Gasteiger partial charge on any atom is -0.330 e. The number of rotatable bonds is 4. The van der Waals surface area contributed by atoms with Gasteiger partial charge in [0.2, 0.25) is 6.33 Å². The van der Waals surface area contributed by atoms with Gasteiger partial charge in [0.25, 0.3) is 0 Å². The van der Waals surface area contributed by atoms with Crippen LogP contribution in [0.3, 0.4) is 0 Å². The van der Waals surface area contributed by atoms with E-state index in [1.165, 1.54) is 0 Å². The fraction of sp³-hybridized carbons (Fsp3) is 0.375. The van der Waals surface area contributed by atoms with Crippen LogP contribution in [0.4, 0.5) is 0 Å². The molecule has 0 spiro atoms. The molecule has 1 aromatic rings. The molecule has 0 unspecified atom stereocenters. The Morgan fingerprint density at radius 2 is 2.45 bits per heavy atom. The van der Waals surface area contributed by atoms with E-state index in [9.17, 15) is 0 Å². The van der Waals surface area contributed by atoms with Gasteiger partial charge in [0.05, 0.1) is 12.7 Å². The topological polar surface area (TPSA) is 34.8 Å². The molecule has 3 nitrogen and oxygen atoms in total. The Balaban J connectivity index is 2.51. The largest absolute Gasteiger partial charge is 0.330 e. The fourth-order valence-corrected chi connectivity index (χ4v) is 0.925. The standard InChI is InChI=1S/C8H14N3/c1-2-10-6-7-11(8-10)5-3-4-9/h2,6-8H,1,3-5,9H2/q+1. The van der Waals surface area contributed by atoms with E-state index in [4.69, 9.17) is 5.73 Å². The summed E-state index contributed by atoms with van der Waals surface area (Å²) in [6.45, 7) is 5.38. The maximum atomic E-state index is 5.38. The van der Waals surface area contributed by atoms with Gasteiger partial charge in [0, 0.05) is 0 Å². The zero-order valence-electron chi connectivity index (χ0n) is 6.61. The molecule has 1 rings (SSSR count). The van der Waals surface area contributed by atoms with E-state index in [0.29, 0.717) is 0 Å². The normalized spacial score (nSPS) is 9.91. The summed E-state index contributed by atoms with van der Waals surface area (Å²) in [4.78, 5) is 0. The van der Waals surface area contributed by atoms with E-state index in [2.05, 4.69) is 11.1 Å². The first-order chi connectivity index (χ1) is 5.36. The quantitative estimate of drug-likeness (QED) is 0.616. The molecule has 60 valence electrons. The Morgan fingerprint density at radius 1 is 1.64 bits per heavy atom. The van der Waals surface area contributed by atoms with Gasteiger partial charge in [-0.25, -0.2) is 9.13 Å². The van der Waals surface area contributed by atoms with Crippen LogP contribution in [0.5, 0.6) is 0 Å². The molecule has 2 N–H and O–H groups in total. The molecular formula is C8H14N3+. The smallest absolute Gasteiger partial charge is 0.248 e. The number of hydrogen-bond acceptors (Lipinski definition) is 1. The van der Waals surface area contributed by atoms with Gasteiger partial charge in [-0.1, -0.05) is 6.58 Å². The van der Waals surface area contributed by atoms with Gasteiger partial charge in [0.15, 0.2) is 0 Å². The lowest BCUT2D eigenvalue weighted by Gasteiger charge is -1.90. The summed E-state index contributed by atoms with van der Waals surface area (Å²) in [7, 11) is 0. The third kappa shape index (κ3) is 2.20. The van der Waals surface area contributed by atoms with Crippen LogP contribution in [0.25, 0.3) is 6.20 Å². The Kier molecular flexibility index (Phi) is 2.86. The average Bonchev–Trinajstić information content (AvgIpc) is 2.48. The Bertz CT molecular complexity index is 227. The van der Waals surface area contributed by atoms with E-state index < -0.39 is 0 Å². The van der Waals surface area contributed by atoms with Gasteiger partial charge in [-0.3, -0.25) is 0 Å². The monoisotopic (exact) mass is 152 g/mol. The van der Waals surface area contributed by atoms with Crippen LogP contribution in [-0.2, 0) is 6.54 Å². The highest BCUT2D eigenvalue weighted by molar-refractivity contribution is 5.12. The third-order valence-corrected chi connectivity index (χ3v) is 1.54. The van der Waals surface area contributed by atoms with Crippen molar-refractivity contribution in [2.75, 3.05) is 6.54 Å². The molecular weight excluding hydrogens is 138 g/mol. The molecule has 0 aliphatic rings. The number of aromatic nitrogens is 2. The second kappa shape index (κ2) is 3.93. The highest BCUT2D eigenvalue weighted by Crippen LogP contribution is 1.83. The van der Waals surface area contributed by atoms with Crippen molar-refractivity contribution in [3.05, 3.63) is 25.3 Å². The van der Waals surface area contributed by atoms with Crippen molar-refractivity contribution in [3.8, 4) is 0 Å². The van der Waals surface area contributed by atoms with Crippen LogP contribution < -0.4 is 10.3 Å². The van der Waals surface area contributed by atoms with Crippen molar-refractivity contribution in [1.82, 2.24) is 4.57 Å². The van der Waals surface area contributed by atoms with Crippen molar-refractivity contribution in [3.63, 3.8) is 0 Å².